The summed E-state index contributed by atoms with van der Waals surface area (Å²) >= 11 is 0. The predicted octanol–water partition coefficient (Wildman–Crippen LogP) is 2.59. The number of carbonyl (C=O) groups is 1. The van der Waals surface area contributed by atoms with E-state index in [2.05, 4.69) is 20.8 Å². The summed E-state index contributed by atoms with van der Waals surface area (Å²) in [4.78, 5) is 12.3. The SMILES string of the molecule is CC(OCC1CCCCO1)C(=O)Nc1ccc(-c2nnnn2C2CC2)cc1. The molecule has 144 valence electrons. The molecule has 0 bridgehead atoms. The molecule has 2 aromatic rings. The first-order valence-electron chi connectivity index (χ1n) is 9.63. The third kappa shape index (κ3) is 4.51. The standard InChI is InChI=1S/C19H25N5O3/c1-13(27-12-17-4-2-3-11-26-17)19(25)20-15-7-5-14(6-8-15)18-21-22-23-24(18)16-9-10-16/h5-8,13,16-17H,2-4,9-12H2,1H3,(H,20,25). The maximum atomic E-state index is 12.3. The monoisotopic (exact) mass is 371 g/mol. The smallest absolute Gasteiger partial charge is 0.253 e. The normalized spacial score (nSPS) is 21.0. The summed E-state index contributed by atoms with van der Waals surface area (Å²) in [5.41, 5.74) is 1.65. The molecule has 4 rings (SSSR count). The number of tetrazole rings is 1. The van der Waals surface area contributed by atoms with E-state index in [1.165, 1.54) is 0 Å². The number of carbonyl (C=O) groups excluding carboxylic acids is 1. The Morgan fingerprint density at radius 2 is 2.11 bits per heavy atom. The molecule has 1 saturated carbocycles. The molecule has 2 fully saturated rings. The molecule has 1 N–H and O–H groups in total. The lowest BCUT2D eigenvalue weighted by Crippen LogP contribution is -2.32. The molecule has 8 heteroatoms. The predicted molar refractivity (Wildman–Crippen MR) is 99.2 cm³/mol. The Kier molecular flexibility index (Phi) is 5.45. The zero-order valence-corrected chi connectivity index (χ0v) is 15.5. The van der Waals surface area contributed by atoms with Gasteiger partial charge in [-0.2, -0.15) is 0 Å². The van der Waals surface area contributed by atoms with Gasteiger partial charge in [-0.1, -0.05) is 0 Å². The highest BCUT2D eigenvalue weighted by atomic mass is 16.5. The summed E-state index contributed by atoms with van der Waals surface area (Å²) in [7, 11) is 0. The van der Waals surface area contributed by atoms with Crippen molar-refractivity contribution in [2.75, 3.05) is 18.5 Å². The number of ether oxygens (including phenoxy) is 2. The van der Waals surface area contributed by atoms with E-state index in [0.717, 1.165) is 55.8 Å². The van der Waals surface area contributed by atoms with E-state index in [1.54, 1.807) is 6.92 Å². The van der Waals surface area contributed by atoms with E-state index in [-0.39, 0.29) is 12.0 Å². The third-order valence-corrected chi connectivity index (χ3v) is 4.97. The van der Waals surface area contributed by atoms with Gasteiger partial charge in [-0.05, 0) is 73.7 Å². The van der Waals surface area contributed by atoms with Crippen molar-refractivity contribution in [3.05, 3.63) is 24.3 Å². The first-order valence-corrected chi connectivity index (χ1v) is 9.63. The van der Waals surface area contributed by atoms with Gasteiger partial charge in [-0.15, -0.1) is 5.10 Å². The van der Waals surface area contributed by atoms with Crippen molar-refractivity contribution < 1.29 is 14.3 Å². The number of nitrogens with zero attached hydrogens (tertiary/aromatic N) is 4. The minimum Gasteiger partial charge on any atom is -0.376 e. The Balaban J connectivity index is 1.31. The molecule has 0 radical (unpaired) electrons. The number of anilines is 1. The van der Waals surface area contributed by atoms with Crippen LogP contribution in [0.15, 0.2) is 24.3 Å². The van der Waals surface area contributed by atoms with Crippen molar-refractivity contribution in [2.24, 2.45) is 0 Å². The molecule has 1 saturated heterocycles. The second-order valence-corrected chi connectivity index (χ2v) is 7.21. The van der Waals surface area contributed by atoms with Gasteiger partial charge in [0.2, 0.25) is 0 Å². The van der Waals surface area contributed by atoms with E-state index in [1.807, 2.05) is 28.9 Å². The largest absolute Gasteiger partial charge is 0.376 e. The van der Waals surface area contributed by atoms with Crippen molar-refractivity contribution >= 4 is 11.6 Å². The van der Waals surface area contributed by atoms with Crippen LogP contribution in [0, 0.1) is 0 Å². The number of hydrogen-bond donors (Lipinski definition) is 1. The van der Waals surface area contributed by atoms with Gasteiger partial charge >= 0.3 is 0 Å². The summed E-state index contributed by atoms with van der Waals surface area (Å²) in [6, 6.07) is 7.97. The van der Waals surface area contributed by atoms with Gasteiger partial charge in [0.25, 0.3) is 5.91 Å². The first-order chi connectivity index (χ1) is 13.2. The van der Waals surface area contributed by atoms with Gasteiger partial charge in [0.1, 0.15) is 6.10 Å². The van der Waals surface area contributed by atoms with Gasteiger partial charge < -0.3 is 14.8 Å². The molecular weight excluding hydrogens is 346 g/mol. The van der Waals surface area contributed by atoms with Crippen molar-refractivity contribution in [1.29, 1.82) is 0 Å². The molecular formula is C19H25N5O3. The molecule has 2 heterocycles. The fourth-order valence-corrected chi connectivity index (χ4v) is 3.16. The van der Waals surface area contributed by atoms with Crippen LogP contribution in [0.2, 0.25) is 0 Å². The second kappa shape index (κ2) is 8.14. The van der Waals surface area contributed by atoms with E-state index in [9.17, 15) is 4.79 Å². The van der Waals surface area contributed by atoms with Crippen molar-refractivity contribution in [2.45, 2.75) is 57.3 Å². The molecule has 27 heavy (non-hydrogen) atoms. The molecule has 1 aliphatic heterocycles. The third-order valence-electron chi connectivity index (χ3n) is 4.97. The zero-order chi connectivity index (χ0) is 18.6. The summed E-state index contributed by atoms with van der Waals surface area (Å²) < 4.78 is 13.2. The van der Waals surface area contributed by atoms with Gasteiger partial charge in [0.05, 0.1) is 18.8 Å². The lowest BCUT2D eigenvalue weighted by Gasteiger charge is -2.23. The van der Waals surface area contributed by atoms with Crippen LogP contribution in [0.25, 0.3) is 11.4 Å². The van der Waals surface area contributed by atoms with Gasteiger partial charge in [-0.3, -0.25) is 4.79 Å². The van der Waals surface area contributed by atoms with Crippen molar-refractivity contribution in [1.82, 2.24) is 20.2 Å². The Labute approximate surface area is 158 Å². The Hall–Kier alpha value is -2.32. The molecule has 2 atom stereocenters. The summed E-state index contributed by atoms with van der Waals surface area (Å²) in [5.74, 6) is 0.598. The highest BCUT2D eigenvalue weighted by molar-refractivity contribution is 5.94. The summed E-state index contributed by atoms with van der Waals surface area (Å²) in [6.07, 6.45) is 5.07. The number of benzene rings is 1. The van der Waals surface area contributed by atoms with Crippen molar-refractivity contribution in [3.8, 4) is 11.4 Å². The minimum absolute atomic E-state index is 0.103. The van der Waals surface area contributed by atoms with E-state index in [4.69, 9.17) is 9.47 Å². The Morgan fingerprint density at radius 1 is 1.30 bits per heavy atom. The fourth-order valence-electron chi connectivity index (χ4n) is 3.16. The maximum absolute atomic E-state index is 12.3. The molecule has 2 unspecified atom stereocenters. The second-order valence-electron chi connectivity index (χ2n) is 7.21. The number of rotatable bonds is 7. The number of hydrogen-bond acceptors (Lipinski definition) is 6. The lowest BCUT2D eigenvalue weighted by molar-refractivity contribution is -0.130. The number of amides is 1. The van der Waals surface area contributed by atoms with E-state index < -0.39 is 6.10 Å². The van der Waals surface area contributed by atoms with Crippen molar-refractivity contribution in [3.63, 3.8) is 0 Å². The van der Waals surface area contributed by atoms with E-state index in [0.29, 0.717) is 12.6 Å². The van der Waals surface area contributed by atoms with Gasteiger partial charge in [-0.25, -0.2) is 4.68 Å². The van der Waals surface area contributed by atoms with Crippen LogP contribution in [-0.4, -0.2) is 51.5 Å². The number of aromatic nitrogens is 4. The quantitative estimate of drug-likeness (QED) is 0.804. The van der Waals surface area contributed by atoms with Crippen LogP contribution in [0.3, 0.4) is 0 Å². The Morgan fingerprint density at radius 3 is 2.81 bits per heavy atom. The summed E-state index contributed by atoms with van der Waals surface area (Å²) in [6.45, 7) is 3.00. The van der Waals surface area contributed by atoms with Crippen LogP contribution >= 0.6 is 0 Å². The first kappa shape index (κ1) is 18.1. The maximum Gasteiger partial charge on any atom is 0.253 e. The van der Waals surface area contributed by atoms with Gasteiger partial charge in [0.15, 0.2) is 5.82 Å². The highest BCUT2D eigenvalue weighted by Crippen LogP contribution is 2.36. The molecule has 1 amide bonds. The fraction of sp³-hybridized carbons (Fsp3) is 0.579. The number of nitrogens with one attached hydrogen (secondary N) is 1. The molecule has 2 aliphatic rings. The highest BCUT2D eigenvalue weighted by Gasteiger charge is 2.28. The van der Waals surface area contributed by atoms with E-state index >= 15 is 0 Å². The van der Waals surface area contributed by atoms with Crippen LogP contribution in [0.4, 0.5) is 5.69 Å². The molecule has 1 aliphatic carbocycles. The van der Waals surface area contributed by atoms with Gasteiger partial charge in [0, 0.05) is 17.9 Å². The minimum atomic E-state index is -0.530. The molecule has 8 nitrogen and oxygen atoms in total. The molecule has 0 spiro atoms. The van der Waals surface area contributed by atoms with Crippen LogP contribution in [0.5, 0.6) is 0 Å². The van der Waals surface area contributed by atoms with Crippen LogP contribution in [0.1, 0.15) is 45.1 Å². The van der Waals surface area contributed by atoms with Crippen LogP contribution < -0.4 is 5.32 Å². The topological polar surface area (TPSA) is 91.2 Å². The summed E-state index contributed by atoms with van der Waals surface area (Å²) in [5, 5.41) is 14.9. The zero-order valence-electron chi connectivity index (χ0n) is 15.5. The molecule has 1 aromatic carbocycles. The van der Waals surface area contributed by atoms with Crippen LogP contribution in [-0.2, 0) is 14.3 Å². The lowest BCUT2D eigenvalue weighted by atomic mass is 10.1. The average Bonchev–Trinajstić information content (AvgIpc) is 3.44. The average molecular weight is 371 g/mol. The Bertz CT molecular complexity index is 766. The molecule has 1 aromatic heterocycles.